The molecule has 0 radical (unpaired) electrons. The topological polar surface area (TPSA) is 84.2 Å². The maximum absolute atomic E-state index is 13.8. The Morgan fingerprint density at radius 1 is 1.21 bits per heavy atom. The maximum atomic E-state index is 13.8. The van der Waals surface area contributed by atoms with E-state index in [1.54, 1.807) is 44.2 Å². The first kappa shape index (κ1) is 20.4. The molecule has 150 valence electrons. The predicted molar refractivity (Wildman–Crippen MR) is 110 cm³/mol. The van der Waals surface area contributed by atoms with Crippen LogP contribution in [0.1, 0.15) is 42.7 Å². The minimum atomic E-state index is -0.463. The van der Waals surface area contributed by atoms with Gasteiger partial charge in [0.25, 0.3) is 5.56 Å². The van der Waals surface area contributed by atoms with Crippen LogP contribution in [0.3, 0.4) is 0 Å². The fraction of sp³-hybridized carbons (Fsp3) is 0.227. The smallest absolute Gasteiger partial charge is 0.291 e. The third-order valence-electron chi connectivity index (χ3n) is 4.46. The van der Waals surface area contributed by atoms with Crippen LogP contribution in [0.2, 0.25) is 0 Å². The highest BCUT2D eigenvalue weighted by Gasteiger charge is 2.23. The van der Waals surface area contributed by atoms with E-state index in [4.69, 9.17) is 0 Å². The summed E-state index contributed by atoms with van der Waals surface area (Å²) in [6.07, 6.45) is 0. The van der Waals surface area contributed by atoms with Crippen LogP contribution in [0.4, 0.5) is 15.8 Å². The molecular formula is C22H22FN3O3. The number of aromatic nitrogens is 2. The summed E-state index contributed by atoms with van der Waals surface area (Å²) >= 11 is 0. The van der Waals surface area contributed by atoms with Gasteiger partial charge in [0, 0.05) is 11.3 Å². The summed E-state index contributed by atoms with van der Waals surface area (Å²) in [5.74, 6) is -0.825. The van der Waals surface area contributed by atoms with Gasteiger partial charge in [-0.1, -0.05) is 24.3 Å². The molecule has 1 heterocycles. The minimum Gasteiger partial charge on any atom is -0.392 e. The third kappa shape index (κ3) is 4.25. The van der Waals surface area contributed by atoms with Crippen molar-refractivity contribution in [2.24, 2.45) is 0 Å². The number of benzene rings is 2. The van der Waals surface area contributed by atoms with E-state index in [2.05, 4.69) is 10.4 Å². The zero-order chi connectivity index (χ0) is 21.1. The lowest BCUT2D eigenvalue weighted by Gasteiger charge is -2.18. The summed E-state index contributed by atoms with van der Waals surface area (Å²) in [5, 5.41) is 16.6. The highest BCUT2D eigenvalue weighted by molar-refractivity contribution is 6.05. The SMILES string of the molecule is CC(=O)c1c(-c2cccc(F)c2)nn(C(C)C)c(=O)c1Nc1ccc(CO)cc1. The number of aliphatic hydroxyl groups is 1. The average molecular weight is 395 g/mol. The molecule has 1 aromatic heterocycles. The van der Waals surface area contributed by atoms with E-state index in [0.717, 1.165) is 5.56 Å². The van der Waals surface area contributed by atoms with Gasteiger partial charge in [-0.25, -0.2) is 9.07 Å². The number of carbonyl (C=O) groups is 1. The second-order valence-electron chi connectivity index (χ2n) is 6.99. The molecule has 3 aromatic rings. The van der Waals surface area contributed by atoms with Gasteiger partial charge in [0.2, 0.25) is 0 Å². The summed E-state index contributed by atoms with van der Waals surface area (Å²) in [6, 6.07) is 12.3. The van der Waals surface area contributed by atoms with Gasteiger partial charge in [-0.05, 0) is 50.6 Å². The number of rotatable bonds is 6. The normalized spacial score (nSPS) is 11.0. The van der Waals surface area contributed by atoms with Gasteiger partial charge < -0.3 is 10.4 Å². The van der Waals surface area contributed by atoms with Crippen LogP contribution in [0.15, 0.2) is 53.3 Å². The van der Waals surface area contributed by atoms with Crippen LogP contribution in [0.25, 0.3) is 11.3 Å². The molecule has 6 nitrogen and oxygen atoms in total. The summed E-state index contributed by atoms with van der Waals surface area (Å²) in [4.78, 5) is 25.6. The van der Waals surface area contributed by atoms with Crippen molar-refractivity contribution < 1.29 is 14.3 Å². The number of nitrogens with one attached hydrogen (secondary N) is 1. The molecule has 29 heavy (non-hydrogen) atoms. The Labute approximate surface area is 167 Å². The molecule has 2 aromatic carbocycles. The molecule has 0 saturated heterocycles. The molecule has 0 amide bonds. The third-order valence-corrected chi connectivity index (χ3v) is 4.46. The van der Waals surface area contributed by atoms with Crippen LogP contribution in [0, 0.1) is 5.82 Å². The number of carbonyl (C=O) groups excluding carboxylic acids is 1. The monoisotopic (exact) mass is 395 g/mol. The second kappa shape index (κ2) is 8.36. The van der Waals surface area contributed by atoms with Gasteiger partial charge in [-0.3, -0.25) is 9.59 Å². The Balaban J connectivity index is 2.26. The first-order valence-electron chi connectivity index (χ1n) is 9.22. The number of nitrogens with zero attached hydrogens (tertiary/aromatic N) is 2. The Hall–Kier alpha value is -3.32. The molecule has 0 atom stereocenters. The molecule has 0 bridgehead atoms. The van der Waals surface area contributed by atoms with Gasteiger partial charge in [0.15, 0.2) is 5.78 Å². The number of anilines is 2. The standard InChI is InChI=1S/C22H22FN3O3/c1-13(2)26-22(29)21(24-18-9-7-15(12-27)8-10-18)19(14(3)28)20(25-26)16-5-4-6-17(23)11-16/h4-11,13,24,27H,12H2,1-3H3. The molecule has 0 saturated carbocycles. The van der Waals surface area contributed by atoms with E-state index >= 15 is 0 Å². The Bertz CT molecular complexity index is 1110. The molecule has 0 aliphatic rings. The number of aliphatic hydroxyl groups excluding tert-OH is 1. The number of hydrogen-bond donors (Lipinski definition) is 2. The fourth-order valence-electron chi connectivity index (χ4n) is 3.03. The van der Waals surface area contributed by atoms with E-state index in [0.29, 0.717) is 11.3 Å². The van der Waals surface area contributed by atoms with Gasteiger partial charge in [0.1, 0.15) is 17.2 Å². The molecule has 0 aliphatic heterocycles. The lowest BCUT2D eigenvalue weighted by Crippen LogP contribution is -2.30. The first-order chi connectivity index (χ1) is 13.8. The lowest BCUT2D eigenvalue weighted by molar-refractivity contribution is 0.101. The molecule has 0 fully saturated rings. The Kier molecular flexibility index (Phi) is 5.89. The summed E-state index contributed by atoms with van der Waals surface area (Å²) < 4.78 is 15.1. The molecule has 0 spiro atoms. The maximum Gasteiger partial charge on any atom is 0.291 e. The van der Waals surface area contributed by atoms with Gasteiger partial charge in [0.05, 0.1) is 18.2 Å². The highest BCUT2D eigenvalue weighted by atomic mass is 19.1. The zero-order valence-corrected chi connectivity index (χ0v) is 16.4. The van der Waals surface area contributed by atoms with E-state index in [-0.39, 0.29) is 35.4 Å². The van der Waals surface area contributed by atoms with Crippen LogP contribution in [-0.2, 0) is 6.61 Å². The molecule has 7 heteroatoms. The summed E-state index contributed by atoms with van der Waals surface area (Å²) in [5.41, 5.74) is 1.67. The predicted octanol–water partition coefficient (Wildman–Crippen LogP) is 4.07. The van der Waals surface area contributed by atoms with Crippen molar-refractivity contribution in [3.05, 3.63) is 75.8 Å². The number of halogens is 1. The Morgan fingerprint density at radius 2 is 1.90 bits per heavy atom. The largest absolute Gasteiger partial charge is 0.392 e. The van der Waals surface area contributed by atoms with Crippen molar-refractivity contribution in [1.29, 1.82) is 0 Å². The van der Waals surface area contributed by atoms with Crippen molar-refractivity contribution in [2.45, 2.75) is 33.4 Å². The van der Waals surface area contributed by atoms with E-state index in [1.165, 1.54) is 29.8 Å². The molecule has 0 aliphatic carbocycles. The molecule has 0 unspecified atom stereocenters. The summed E-state index contributed by atoms with van der Waals surface area (Å²) in [7, 11) is 0. The Morgan fingerprint density at radius 3 is 2.45 bits per heavy atom. The van der Waals surface area contributed by atoms with Crippen LogP contribution in [-0.4, -0.2) is 20.7 Å². The van der Waals surface area contributed by atoms with E-state index in [1.807, 2.05) is 0 Å². The first-order valence-corrected chi connectivity index (χ1v) is 9.22. The quantitative estimate of drug-likeness (QED) is 0.615. The van der Waals surface area contributed by atoms with Crippen LogP contribution >= 0.6 is 0 Å². The van der Waals surface area contributed by atoms with Crippen molar-refractivity contribution in [2.75, 3.05) is 5.32 Å². The van der Waals surface area contributed by atoms with Crippen LogP contribution < -0.4 is 10.9 Å². The highest BCUT2D eigenvalue weighted by Crippen LogP contribution is 2.28. The van der Waals surface area contributed by atoms with Gasteiger partial charge >= 0.3 is 0 Å². The zero-order valence-electron chi connectivity index (χ0n) is 16.4. The minimum absolute atomic E-state index is 0.0807. The molecule has 3 rings (SSSR count). The van der Waals surface area contributed by atoms with Gasteiger partial charge in [-0.2, -0.15) is 5.10 Å². The van der Waals surface area contributed by atoms with E-state index < -0.39 is 11.4 Å². The second-order valence-corrected chi connectivity index (χ2v) is 6.99. The fourth-order valence-corrected chi connectivity index (χ4v) is 3.03. The number of Topliss-reactive ketones (excluding diaryl/α,β-unsaturated/α-hetero) is 1. The van der Waals surface area contributed by atoms with Crippen molar-refractivity contribution in [3.63, 3.8) is 0 Å². The van der Waals surface area contributed by atoms with Crippen LogP contribution in [0.5, 0.6) is 0 Å². The molecular weight excluding hydrogens is 373 g/mol. The summed E-state index contributed by atoms with van der Waals surface area (Å²) in [6.45, 7) is 4.85. The molecule has 2 N–H and O–H groups in total. The number of ketones is 1. The van der Waals surface area contributed by atoms with Crippen molar-refractivity contribution in [3.8, 4) is 11.3 Å². The van der Waals surface area contributed by atoms with Crippen molar-refractivity contribution in [1.82, 2.24) is 9.78 Å². The van der Waals surface area contributed by atoms with Crippen molar-refractivity contribution >= 4 is 17.2 Å². The van der Waals surface area contributed by atoms with Gasteiger partial charge in [-0.15, -0.1) is 0 Å². The lowest BCUT2D eigenvalue weighted by atomic mass is 10.0. The average Bonchev–Trinajstić information content (AvgIpc) is 2.69. The number of hydrogen-bond acceptors (Lipinski definition) is 5. The van der Waals surface area contributed by atoms with E-state index in [9.17, 15) is 19.1 Å².